The van der Waals surface area contributed by atoms with Crippen molar-refractivity contribution in [3.8, 4) is 12.1 Å². The summed E-state index contributed by atoms with van der Waals surface area (Å²) in [5.74, 6) is 0.982. The molecule has 0 bridgehead atoms. The lowest BCUT2D eigenvalue weighted by Crippen LogP contribution is -2.33. The predicted octanol–water partition coefficient (Wildman–Crippen LogP) is 3.28. The Labute approximate surface area is 114 Å². The Kier molecular flexibility index (Phi) is 3.62. The van der Waals surface area contributed by atoms with Crippen molar-refractivity contribution in [1.29, 1.82) is 10.5 Å². The van der Waals surface area contributed by atoms with E-state index in [-0.39, 0.29) is 17.4 Å². The fourth-order valence-corrected chi connectivity index (χ4v) is 3.06. The highest BCUT2D eigenvalue weighted by atomic mass is 15.1. The van der Waals surface area contributed by atoms with Crippen LogP contribution in [-0.4, -0.2) is 9.55 Å². The van der Waals surface area contributed by atoms with Gasteiger partial charge in [-0.3, -0.25) is 0 Å². The molecule has 1 heterocycles. The zero-order valence-electron chi connectivity index (χ0n) is 11.8. The van der Waals surface area contributed by atoms with Crippen LogP contribution in [0.25, 0.3) is 0 Å². The SMILES string of the molecule is CC(C)(C)C1CCC(C#N)C(n2ccnc2C#N)C1. The second kappa shape index (κ2) is 5.05. The van der Waals surface area contributed by atoms with Crippen molar-refractivity contribution in [3.05, 3.63) is 18.2 Å². The molecular weight excluding hydrogens is 236 g/mol. The lowest BCUT2D eigenvalue weighted by molar-refractivity contribution is 0.121. The van der Waals surface area contributed by atoms with Crippen molar-refractivity contribution in [3.63, 3.8) is 0 Å². The molecule has 1 aromatic rings. The van der Waals surface area contributed by atoms with Crippen molar-refractivity contribution >= 4 is 0 Å². The van der Waals surface area contributed by atoms with Crippen LogP contribution in [-0.2, 0) is 0 Å². The average molecular weight is 256 g/mol. The Hall–Kier alpha value is -1.81. The van der Waals surface area contributed by atoms with E-state index in [4.69, 9.17) is 5.26 Å². The average Bonchev–Trinajstić information content (AvgIpc) is 2.85. The van der Waals surface area contributed by atoms with Crippen LogP contribution in [0.4, 0.5) is 0 Å². The third-order valence-electron chi connectivity index (χ3n) is 4.33. The first-order valence-electron chi connectivity index (χ1n) is 6.80. The van der Waals surface area contributed by atoms with Crippen molar-refractivity contribution < 1.29 is 0 Å². The van der Waals surface area contributed by atoms with E-state index in [2.05, 4.69) is 37.9 Å². The highest BCUT2D eigenvalue weighted by Gasteiger charge is 2.37. The van der Waals surface area contributed by atoms with Crippen LogP contribution in [0, 0.1) is 39.9 Å². The molecule has 0 aliphatic heterocycles. The monoisotopic (exact) mass is 256 g/mol. The molecule has 1 aliphatic carbocycles. The summed E-state index contributed by atoms with van der Waals surface area (Å²) in [4.78, 5) is 4.06. The molecule has 0 amide bonds. The van der Waals surface area contributed by atoms with E-state index in [1.54, 1.807) is 6.20 Å². The normalized spacial score (nSPS) is 27.5. The van der Waals surface area contributed by atoms with Crippen LogP contribution in [0.15, 0.2) is 12.4 Å². The second-order valence-corrected chi connectivity index (χ2v) is 6.45. The van der Waals surface area contributed by atoms with Gasteiger partial charge in [-0.2, -0.15) is 10.5 Å². The summed E-state index contributed by atoms with van der Waals surface area (Å²) in [6.45, 7) is 6.75. The maximum atomic E-state index is 9.35. The largest absolute Gasteiger partial charge is 0.318 e. The summed E-state index contributed by atoms with van der Waals surface area (Å²) in [5.41, 5.74) is 0.242. The van der Waals surface area contributed by atoms with Crippen LogP contribution in [0.1, 0.15) is 51.9 Å². The van der Waals surface area contributed by atoms with Gasteiger partial charge in [0.2, 0.25) is 5.82 Å². The van der Waals surface area contributed by atoms with Gasteiger partial charge in [0.1, 0.15) is 6.07 Å². The fraction of sp³-hybridized carbons (Fsp3) is 0.667. The van der Waals surface area contributed by atoms with E-state index < -0.39 is 0 Å². The number of imidazole rings is 1. The molecule has 19 heavy (non-hydrogen) atoms. The van der Waals surface area contributed by atoms with Gasteiger partial charge in [-0.05, 0) is 30.6 Å². The summed E-state index contributed by atoms with van der Waals surface area (Å²) >= 11 is 0. The summed E-state index contributed by atoms with van der Waals surface area (Å²) in [5, 5.41) is 18.5. The quantitative estimate of drug-likeness (QED) is 0.774. The van der Waals surface area contributed by atoms with E-state index in [1.807, 2.05) is 10.8 Å². The summed E-state index contributed by atoms with van der Waals surface area (Å²) in [6, 6.07) is 4.60. The maximum absolute atomic E-state index is 9.35. The first-order chi connectivity index (χ1) is 8.97. The molecule has 3 atom stereocenters. The smallest absolute Gasteiger partial charge is 0.213 e. The summed E-state index contributed by atoms with van der Waals surface area (Å²) in [7, 11) is 0. The minimum atomic E-state index is -0.0140. The molecule has 3 unspecified atom stereocenters. The molecule has 0 N–H and O–H groups in total. The predicted molar refractivity (Wildman–Crippen MR) is 71.9 cm³/mol. The van der Waals surface area contributed by atoms with Gasteiger partial charge < -0.3 is 4.57 Å². The Morgan fingerprint density at radius 2 is 2.05 bits per heavy atom. The molecule has 0 spiro atoms. The van der Waals surface area contributed by atoms with Gasteiger partial charge >= 0.3 is 0 Å². The van der Waals surface area contributed by atoms with Gasteiger partial charge in [0.25, 0.3) is 0 Å². The number of hydrogen-bond acceptors (Lipinski definition) is 3. The molecule has 1 fully saturated rings. The zero-order valence-corrected chi connectivity index (χ0v) is 11.8. The highest BCUT2D eigenvalue weighted by molar-refractivity contribution is 5.14. The van der Waals surface area contributed by atoms with Crippen molar-refractivity contribution in [2.75, 3.05) is 0 Å². The van der Waals surface area contributed by atoms with Crippen molar-refractivity contribution in [2.24, 2.45) is 17.3 Å². The van der Waals surface area contributed by atoms with E-state index in [9.17, 15) is 5.26 Å². The number of rotatable bonds is 1. The minimum Gasteiger partial charge on any atom is -0.318 e. The van der Waals surface area contributed by atoms with E-state index in [0.29, 0.717) is 11.7 Å². The number of nitrogens with zero attached hydrogens (tertiary/aromatic N) is 4. The Morgan fingerprint density at radius 3 is 2.63 bits per heavy atom. The summed E-state index contributed by atoms with van der Waals surface area (Å²) in [6.07, 6.45) is 6.43. The van der Waals surface area contributed by atoms with Gasteiger partial charge in [-0.25, -0.2) is 4.98 Å². The Balaban J connectivity index is 2.30. The first kappa shape index (κ1) is 13.6. The molecule has 1 saturated carbocycles. The van der Waals surface area contributed by atoms with Crippen LogP contribution in [0.3, 0.4) is 0 Å². The van der Waals surface area contributed by atoms with Gasteiger partial charge in [0, 0.05) is 12.4 Å². The Morgan fingerprint density at radius 1 is 1.32 bits per heavy atom. The maximum Gasteiger partial charge on any atom is 0.213 e. The van der Waals surface area contributed by atoms with Gasteiger partial charge in [-0.1, -0.05) is 20.8 Å². The van der Waals surface area contributed by atoms with E-state index in [1.165, 1.54) is 0 Å². The highest BCUT2D eigenvalue weighted by Crippen LogP contribution is 2.44. The van der Waals surface area contributed by atoms with Crippen molar-refractivity contribution in [2.45, 2.75) is 46.1 Å². The molecule has 100 valence electrons. The lowest BCUT2D eigenvalue weighted by atomic mass is 9.68. The molecule has 4 heteroatoms. The second-order valence-electron chi connectivity index (χ2n) is 6.45. The third-order valence-corrected chi connectivity index (χ3v) is 4.33. The van der Waals surface area contributed by atoms with Crippen LogP contribution < -0.4 is 0 Å². The number of hydrogen-bond donors (Lipinski definition) is 0. The standard InChI is InChI=1S/C15H20N4/c1-15(2,3)12-5-4-11(9-16)13(8-12)19-7-6-18-14(19)10-17/h6-7,11-13H,4-5,8H2,1-3H3. The van der Waals surface area contributed by atoms with E-state index >= 15 is 0 Å². The zero-order chi connectivity index (χ0) is 14.0. The topological polar surface area (TPSA) is 65.4 Å². The number of aromatic nitrogens is 2. The molecule has 2 rings (SSSR count). The first-order valence-corrected chi connectivity index (χ1v) is 6.80. The third kappa shape index (κ3) is 2.63. The molecule has 0 aromatic carbocycles. The molecular formula is C15H20N4. The van der Waals surface area contributed by atoms with Crippen LogP contribution >= 0.6 is 0 Å². The molecule has 0 saturated heterocycles. The van der Waals surface area contributed by atoms with Gasteiger partial charge in [-0.15, -0.1) is 0 Å². The van der Waals surface area contributed by atoms with Gasteiger partial charge in [0.15, 0.2) is 0 Å². The Bertz CT molecular complexity index is 524. The summed E-state index contributed by atoms with van der Waals surface area (Å²) < 4.78 is 1.89. The van der Waals surface area contributed by atoms with Crippen LogP contribution in [0.5, 0.6) is 0 Å². The van der Waals surface area contributed by atoms with Crippen LogP contribution in [0.2, 0.25) is 0 Å². The molecule has 1 aliphatic rings. The minimum absolute atomic E-state index is 0.0140. The van der Waals surface area contributed by atoms with Crippen molar-refractivity contribution in [1.82, 2.24) is 9.55 Å². The van der Waals surface area contributed by atoms with Gasteiger partial charge in [0.05, 0.1) is 18.0 Å². The lowest BCUT2D eigenvalue weighted by Gasteiger charge is -2.40. The molecule has 1 aromatic heterocycles. The molecule has 4 nitrogen and oxygen atoms in total. The van der Waals surface area contributed by atoms with E-state index in [0.717, 1.165) is 19.3 Å². The number of nitriles is 2. The fourth-order valence-electron chi connectivity index (χ4n) is 3.06. The molecule has 0 radical (unpaired) electrons.